The van der Waals surface area contributed by atoms with Gasteiger partial charge in [0.05, 0.1) is 11.0 Å². The van der Waals surface area contributed by atoms with Gasteiger partial charge in [-0.3, -0.25) is 0 Å². The summed E-state index contributed by atoms with van der Waals surface area (Å²) in [7, 11) is 0. The van der Waals surface area contributed by atoms with Crippen molar-refractivity contribution >= 4 is 15.9 Å². The van der Waals surface area contributed by atoms with Crippen LogP contribution in [0.3, 0.4) is 0 Å². The first-order valence-corrected chi connectivity index (χ1v) is 6.15. The van der Waals surface area contributed by atoms with Crippen LogP contribution in [0, 0.1) is 13.8 Å². The van der Waals surface area contributed by atoms with Crippen molar-refractivity contribution in [3.8, 4) is 5.75 Å². The average molecular weight is 273 g/mol. The van der Waals surface area contributed by atoms with E-state index in [0.29, 0.717) is 0 Å². The number of hydrogen-bond donors (Lipinski definition) is 1. The molecule has 2 N–H and O–H groups in total. The first kappa shape index (κ1) is 12.5. The van der Waals surface area contributed by atoms with Crippen molar-refractivity contribution in [3.05, 3.63) is 27.7 Å². The van der Waals surface area contributed by atoms with E-state index in [1.165, 1.54) is 11.1 Å². The number of ether oxygens (including phenoxy) is 1. The van der Waals surface area contributed by atoms with Crippen molar-refractivity contribution < 1.29 is 10.1 Å². The van der Waals surface area contributed by atoms with Crippen molar-refractivity contribution in [1.29, 1.82) is 0 Å². The molecule has 0 bridgehead atoms. The predicted octanol–water partition coefficient (Wildman–Crippen LogP) is 2.03. The van der Waals surface area contributed by atoms with Crippen LogP contribution in [0.5, 0.6) is 5.75 Å². The topological polar surface area (TPSA) is 25.8 Å². The fraction of sp³-hybridized carbons (Fsp3) is 0.500. The molecule has 0 atom stereocenters. The van der Waals surface area contributed by atoms with Gasteiger partial charge >= 0.3 is 0 Å². The van der Waals surface area contributed by atoms with E-state index in [2.05, 4.69) is 54.2 Å². The number of aryl methyl sites for hydroxylation is 2. The zero-order valence-corrected chi connectivity index (χ0v) is 11.2. The smallest absolute Gasteiger partial charge is 0.137 e. The highest BCUT2D eigenvalue weighted by molar-refractivity contribution is 9.10. The minimum Gasteiger partial charge on any atom is -0.486 e. The minimum absolute atomic E-state index is 0.760. The van der Waals surface area contributed by atoms with E-state index in [4.69, 9.17) is 4.74 Å². The van der Waals surface area contributed by atoms with Gasteiger partial charge in [-0.15, -0.1) is 0 Å². The molecular formula is C12H19BrNO+. The Morgan fingerprint density at radius 1 is 1.33 bits per heavy atom. The molecule has 15 heavy (non-hydrogen) atoms. The summed E-state index contributed by atoms with van der Waals surface area (Å²) in [6, 6.07) is 4.23. The molecule has 0 unspecified atom stereocenters. The van der Waals surface area contributed by atoms with Crippen LogP contribution in [0.4, 0.5) is 0 Å². The largest absolute Gasteiger partial charge is 0.486 e. The molecule has 0 amide bonds. The maximum Gasteiger partial charge on any atom is 0.137 e. The second-order valence-electron chi connectivity index (χ2n) is 3.73. The molecule has 0 saturated carbocycles. The number of benzene rings is 1. The first-order valence-electron chi connectivity index (χ1n) is 5.36. The molecular weight excluding hydrogens is 254 g/mol. The summed E-state index contributed by atoms with van der Waals surface area (Å²) in [4.78, 5) is 0. The number of halogens is 1. The van der Waals surface area contributed by atoms with Gasteiger partial charge in [0.25, 0.3) is 0 Å². The van der Waals surface area contributed by atoms with Gasteiger partial charge in [0, 0.05) is 0 Å². The fourth-order valence-electron chi connectivity index (χ4n) is 1.53. The summed E-state index contributed by atoms with van der Waals surface area (Å²) in [5.41, 5.74) is 2.45. The third-order valence-electron chi connectivity index (χ3n) is 2.23. The lowest BCUT2D eigenvalue weighted by atomic mass is 10.1. The zero-order valence-electron chi connectivity index (χ0n) is 9.64. The van der Waals surface area contributed by atoms with Gasteiger partial charge in [-0.05, 0) is 53.9 Å². The monoisotopic (exact) mass is 272 g/mol. The third-order valence-corrected chi connectivity index (χ3v) is 2.82. The Hall–Kier alpha value is -0.540. The van der Waals surface area contributed by atoms with Crippen LogP contribution in [0.2, 0.25) is 0 Å². The number of rotatable bonds is 5. The molecule has 0 radical (unpaired) electrons. The third kappa shape index (κ3) is 3.84. The maximum absolute atomic E-state index is 5.75. The number of hydrogen-bond acceptors (Lipinski definition) is 1. The van der Waals surface area contributed by atoms with E-state index in [0.717, 1.165) is 29.9 Å². The van der Waals surface area contributed by atoms with Gasteiger partial charge in [-0.1, -0.05) is 6.07 Å². The highest BCUT2D eigenvalue weighted by Crippen LogP contribution is 2.29. The number of likely N-dealkylation sites (N-methyl/N-ethyl adjacent to an activating group) is 1. The van der Waals surface area contributed by atoms with Crippen LogP contribution in [0.25, 0.3) is 0 Å². The van der Waals surface area contributed by atoms with Crippen molar-refractivity contribution in [1.82, 2.24) is 0 Å². The van der Waals surface area contributed by atoms with Gasteiger partial charge < -0.3 is 10.1 Å². The fourth-order valence-corrected chi connectivity index (χ4v) is 2.32. The van der Waals surface area contributed by atoms with Crippen LogP contribution in [0.15, 0.2) is 16.6 Å². The summed E-state index contributed by atoms with van der Waals surface area (Å²) in [5.74, 6) is 0.977. The van der Waals surface area contributed by atoms with Gasteiger partial charge in [-0.25, -0.2) is 0 Å². The Balaban J connectivity index is 2.60. The molecule has 3 heteroatoms. The summed E-state index contributed by atoms with van der Waals surface area (Å²) in [6.45, 7) is 9.19. The molecule has 0 fully saturated rings. The first-order chi connectivity index (χ1) is 7.15. The average Bonchev–Trinajstić information content (AvgIpc) is 2.15. The Labute approximate surface area is 100 Å². The lowest BCUT2D eigenvalue weighted by Gasteiger charge is -2.11. The molecule has 0 aromatic heterocycles. The van der Waals surface area contributed by atoms with Gasteiger partial charge in [0.1, 0.15) is 18.9 Å². The van der Waals surface area contributed by atoms with Gasteiger partial charge in [-0.2, -0.15) is 0 Å². The maximum atomic E-state index is 5.75. The molecule has 1 aromatic carbocycles. The van der Waals surface area contributed by atoms with Crippen LogP contribution in [-0.2, 0) is 0 Å². The lowest BCUT2D eigenvalue weighted by Crippen LogP contribution is -2.84. The van der Waals surface area contributed by atoms with Crippen LogP contribution in [0.1, 0.15) is 18.1 Å². The Kier molecular flexibility index (Phi) is 5.12. The van der Waals surface area contributed by atoms with Crippen molar-refractivity contribution in [2.45, 2.75) is 20.8 Å². The molecule has 1 rings (SSSR count). The van der Waals surface area contributed by atoms with Crippen molar-refractivity contribution in [2.24, 2.45) is 0 Å². The summed E-state index contributed by atoms with van der Waals surface area (Å²) in [6.07, 6.45) is 0. The lowest BCUT2D eigenvalue weighted by molar-refractivity contribution is -0.652. The van der Waals surface area contributed by atoms with Crippen LogP contribution in [-0.4, -0.2) is 19.7 Å². The second-order valence-corrected chi connectivity index (χ2v) is 4.58. The van der Waals surface area contributed by atoms with Crippen molar-refractivity contribution in [2.75, 3.05) is 19.7 Å². The summed E-state index contributed by atoms with van der Waals surface area (Å²) >= 11 is 3.53. The molecule has 0 aliphatic rings. The standard InChI is InChI=1S/C12H18BrNO/c1-4-14-5-6-15-12-10(3)7-9(2)8-11(12)13/h7-8,14H,4-6H2,1-3H3/p+1. The minimum atomic E-state index is 0.760. The molecule has 0 aliphatic carbocycles. The quantitative estimate of drug-likeness (QED) is 0.816. The van der Waals surface area contributed by atoms with Crippen molar-refractivity contribution in [3.63, 3.8) is 0 Å². The second kappa shape index (κ2) is 6.13. The zero-order chi connectivity index (χ0) is 11.3. The van der Waals surface area contributed by atoms with Gasteiger partial charge in [0.15, 0.2) is 0 Å². The van der Waals surface area contributed by atoms with Crippen LogP contribution >= 0.6 is 15.9 Å². The Bertz CT molecular complexity index is 302. The van der Waals surface area contributed by atoms with E-state index in [-0.39, 0.29) is 0 Å². The number of quaternary nitrogens is 1. The highest BCUT2D eigenvalue weighted by Gasteiger charge is 2.05. The SMILES string of the molecule is CC[NH2+]CCOc1c(C)cc(C)cc1Br. The molecule has 0 aliphatic heterocycles. The van der Waals surface area contributed by atoms with E-state index in [1.54, 1.807) is 0 Å². The summed E-state index contributed by atoms with van der Waals surface area (Å²) < 4.78 is 6.80. The molecule has 1 aromatic rings. The Morgan fingerprint density at radius 2 is 2.07 bits per heavy atom. The molecule has 2 nitrogen and oxygen atoms in total. The molecule has 0 saturated heterocycles. The van der Waals surface area contributed by atoms with Crippen LogP contribution < -0.4 is 10.1 Å². The Morgan fingerprint density at radius 3 is 2.67 bits per heavy atom. The van der Waals surface area contributed by atoms with E-state index in [1.807, 2.05) is 0 Å². The highest BCUT2D eigenvalue weighted by atomic mass is 79.9. The molecule has 0 spiro atoms. The predicted molar refractivity (Wildman–Crippen MR) is 66.4 cm³/mol. The van der Waals surface area contributed by atoms with E-state index >= 15 is 0 Å². The normalized spacial score (nSPS) is 10.4. The molecule has 84 valence electrons. The summed E-state index contributed by atoms with van der Waals surface area (Å²) in [5, 5.41) is 2.23. The van der Waals surface area contributed by atoms with E-state index in [9.17, 15) is 0 Å². The number of nitrogens with two attached hydrogens (primary N) is 1. The molecule has 0 heterocycles. The van der Waals surface area contributed by atoms with Gasteiger partial charge in [0.2, 0.25) is 0 Å². The van der Waals surface area contributed by atoms with E-state index < -0.39 is 0 Å².